The number of fused-ring (bicyclic) bond motifs is 3. The Hall–Kier alpha value is -2.92. The van der Waals surface area contributed by atoms with Crippen LogP contribution in [0, 0.1) is 0 Å². The lowest BCUT2D eigenvalue weighted by Gasteiger charge is -2.37. The number of amidine groups is 1. The minimum Gasteiger partial charge on any atom is -0.325 e. The van der Waals surface area contributed by atoms with Crippen LogP contribution in [0.15, 0.2) is 76.2 Å². The summed E-state index contributed by atoms with van der Waals surface area (Å²) in [5, 5.41) is 0. The van der Waals surface area contributed by atoms with E-state index in [1.807, 2.05) is 49.5 Å². The Morgan fingerprint density at radius 2 is 1.76 bits per heavy atom. The second-order valence-electron chi connectivity index (χ2n) is 7.76. The van der Waals surface area contributed by atoms with Gasteiger partial charge >= 0.3 is 0 Å². The molecule has 0 saturated carbocycles. The van der Waals surface area contributed by atoms with Gasteiger partial charge in [-0.1, -0.05) is 64.5 Å². The first-order valence-electron chi connectivity index (χ1n) is 9.74. The van der Waals surface area contributed by atoms with Crippen LogP contribution in [0.3, 0.4) is 0 Å². The lowest BCUT2D eigenvalue weighted by atomic mass is 9.81. The number of hydrogen-bond donors (Lipinski definition) is 0. The second kappa shape index (κ2) is 5.80. The summed E-state index contributed by atoms with van der Waals surface area (Å²) in [5.74, 6) is 0.872. The van der Waals surface area contributed by atoms with Gasteiger partial charge in [0.2, 0.25) is 0 Å². The molecular formula is C24H18BrN3O. The van der Waals surface area contributed by atoms with Crippen molar-refractivity contribution in [1.82, 2.24) is 0 Å². The van der Waals surface area contributed by atoms with Crippen molar-refractivity contribution in [3.05, 3.63) is 93.5 Å². The van der Waals surface area contributed by atoms with E-state index in [1.165, 1.54) is 5.56 Å². The molecule has 3 aromatic carbocycles. The standard InChI is InChI=1S/C24H18BrN3O/c1-27-20-10-6-5-9-18(20)24(23(27)29)19-14-17(25)13-16-11-12-28(21(16)19)22(26-24)15-7-3-2-4-8-15/h2-10,13-14H,11-12H2,1H3. The molecule has 3 aliphatic rings. The van der Waals surface area contributed by atoms with Crippen LogP contribution in [0.4, 0.5) is 11.4 Å². The molecule has 0 fully saturated rings. The van der Waals surface area contributed by atoms with E-state index in [9.17, 15) is 4.79 Å². The van der Waals surface area contributed by atoms with Crippen LogP contribution in [0.2, 0.25) is 0 Å². The number of halogens is 1. The molecule has 142 valence electrons. The number of rotatable bonds is 1. The predicted octanol–water partition coefficient (Wildman–Crippen LogP) is 4.49. The molecular weight excluding hydrogens is 426 g/mol. The molecule has 1 spiro atoms. The maximum atomic E-state index is 13.8. The molecule has 0 saturated heterocycles. The van der Waals surface area contributed by atoms with Crippen molar-refractivity contribution in [2.24, 2.45) is 4.99 Å². The van der Waals surface area contributed by atoms with Gasteiger partial charge in [-0.3, -0.25) is 4.79 Å². The summed E-state index contributed by atoms with van der Waals surface area (Å²) in [7, 11) is 1.85. The van der Waals surface area contributed by atoms with Crippen LogP contribution in [0.25, 0.3) is 0 Å². The Bertz CT molecular complexity index is 1220. The Morgan fingerprint density at radius 1 is 1.00 bits per heavy atom. The highest BCUT2D eigenvalue weighted by Crippen LogP contribution is 2.54. The molecule has 29 heavy (non-hydrogen) atoms. The average Bonchev–Trinajstić information content (AvgIpc) is 3.26. The van der Waals surface area contributed by atoms with Gasteiger partial charge in [0, 0.05) is 40.4 Å². The van der Waals surface area contributed by atoms with Gasteiger partial charge < -0.3 is 9.80 Å². The molecule has 3 aromatic rings. The zero-order valence-corrected chi connectivity index (χ0v) is 17.5. The number of para-hydroxylation sites is 1. The van der Waals surface area contributed by atoms with E-state index >= 15 is 0 Å². The van der Waals surface area contributed by atoms with Gasteiger partial charge in [-0.05, 0) is 30.2 Å². The first-order chi connectivity index (χ1) is 14.1. The van der Waals surface area contributed by atoms with Gasteiger partial charge in [0.1, 0.15) is 5.84 Å². The Labute approximate surface area is 177 Å². The summed E-state index contributed by atoms with van der Waals surface area (Å²) in [5.41, 5.74) is 5.23. The number of likely N-dealkylation sites (N-methyl/N-ethyl adjacent to an activating group) is 1. The fourth-order valence-electron chi connectivity index (χ4n) is 4.99. The lowest BCUT2D eigenvalue weighted by molar-refractivity contribution is -0.121. The van der Waals surface area contributed by atoms with Crippen molar-refractivity contribution in [2.75, 3.05) is 23.4 Å². The van der Waals surface area contributed by atoms with Gasteiger partial charge in [-0.2, -0.15) is 0 Å². The number of benzene rings is 3. The fourth-order valence-corrected chi connectivity index (χ4v) is 5.50. The van der Waals surface area contributed by atoms with E-state index in [0.717, 1.165) is 51.3 Å². The first kappa shape index (κ1) is 17.0. The van der Waals surface area contributed by atoms with Gasteiger partial charge in [-0.15, -0.1) is 0 Å². The Morgan fingerprint density at radius 3 is 2.59 bits per heavy atom. The highest BCUT2D eigenvalue weighted by molar-refractivity contribution is 9.10. The van der Waals surface area contributed by atoms with Crippen LogP contribution >= 0.6 is 15.9 Å². The average molecular weight is 444 g/mol. The van der Waals surface area contributed by atoms with E-state index in [1.54, 1.807) is 4.90 Å². The third-order valence-corrected chi connectivity index (χ3v) is 6.71. The molecule has 0 aromatic heterocycles. The smallest absolute Gasteiger partial charge is 0.264 e. The van der Waals surface area contributed by atoms with Crippen LogP contribution in [-0.2, 0) is 16.8 Å². The number of amides is 1. The molecule has 0 radical (unpaired) electrons. The van der Waals surface area contributed by atoms with Gasteiger partial charge in [0.25, 0.3) is 5.91 Å². The number of aliphatic imine (C=N–C) groups is 1. The topological polar surface area (TPSA) is 35.9 Å². The van der Waals surface area contributed by atoms with Gasteiger partial charge in [0.15, 0.2) is 5.54 Å². The van der Waals surface area contributed by atoms with Crippen molar-refractivity contribution in [3.63, 3.8) is 0 Å². The second-order valence-corrected chi connectivity index (χ2v) is 8.67. The first-order valence-corrected chi connectivity index (χ1v) is 10.5. The molecule has 3 aliphatic heterocycles. The zero-order chi connectivity index (χ0) is 19.8. The molecule has 1 unspecified atom stereocenters. The molecule has 0 N–H and O–H groups in total. The third-order valence-electron chi connectivity index (χ3n) is 6.25. The van der Waals surface area contributed by atoms with Crippen LogP contribution in [0.5, 0.6) is 0 Å². The summed E-state index contributed by atoms with van der Waals surface area (Å²) >= 11 is 3.67. The Kier molecular flexibility index (Phi) is 3.40. The zero-order valence-electron chi connectivity index (χ0n) is 15.9. The van der Waals surface area contributed by atoms with Crippen molar-refractivity contribution >= 4 is 39.0 Å². The minimum atomic E-state index is -1.05. The largest absolute Gasteiger partial charge is 0.325 e. The molecule has 6 rings (SSSR count). The highest BCUT2D eigenvalue weighted by Gasteiger charge is 2.56. The predicted molar refractivity (Wildman–Crippen MR) is 119 cm³/mol. The van der Waals surface area contributed by atoms with E-state index in [4.69, 9.17) is 4.99 Å². The van der Waals surface area contributed by atoms with E-state index in [2.05, 4.69) is 45.1 Å². The summed E-state index contributed by atoms with van der Waals surface area (Å²) < 4.78 is 0.991. The van der Waals surface area contributed by atoms with Crippen LogP contribution in [0.1, 0.15) is 22.3 Å². The monoisotopic (exact) mass is 443 g/mol. The number of anilines is 2. The maximum absolute atomic E-state index is 13.8. The Balaban J connectivity index is 1.75. The number of nitrogens with zero attached hydrogens (tertiary/aromatic N) is 3. The summed E-state index contributed by atoms with van der Waals surface area (Å²) in [4.78, 5) is 23.1. The normalized spacial score (nSPS) is 21.4. The molecule has 1 atom stereocenters. The van der Waals surface area contributed by atoms with Crippen molar-refractivity contribution in [1.29, 1.82) is 0 Å². The fraction of sp³-hybridized carbons (Fsp3) is 0.167. The van der Waals surface area contributed by atoms with Crippen molar-refractivity contribution < 1.29 is 4.79 Å². The molecule has 0 aliphatic carbocycles. The van der Waals surface area contributed by atoms with Gasteiger partial charge in [-0.25, -0.2) is 4.99 Å². The highest BCUT2D eigenvalue weighted by atomic mass is 79.9. The van der Waals surface area contributed by atoms with E-state index in [-0.39, 0.29) is 5.91 Å². The quantitative estimate of drug-likeness (QED) is 0.555. The third kappa shape index (κ3) is 2.08. The molecule has 0 bridgehead atoms. The van der Waals surface area contributed by atoms with Crippen molar-refractivity contribution in [2.45, 2.75) is 12.0 Å². The minimum absolute atomic E-state index is 0.000943. The van der Waals surface area contributed by atoms with E-state index in [0.29, 0.717) is 0 Å². The number of carbonyl (C=O) groups is 1. The lowest BCUT2D eigenvalue weighted by Crippen LogP contribution is -2.46. The molecule has 1 amide bonds. The summed E-state index contributed by atoms with van der Waals surface area (Å²) in [6.45, 7) is 0.869. The summed E-state index contributed by atoms with van der Waals surface area (Å²) in [6.07, 6.45) is 0.940. The van der Waals surface area contributed by atoms with Gasteiger partial charge in [0.05, 0.1) is 5.69 Å². The van der Waals surface area contributed by atoms with E-state index < -0.39 is 5.54 Å². The van der Waals surface area contributed by atoms with Crippen LogP contribution < -0.4 is 9.80 Å². The molecule has 5 heteroatoms. The SMILES string of the molecule is CN1C(=O)C2(N=C(c3ccccc3)N3CCc4cc(Br)cc2c43)c2ccccc21. The number of hydrogen-bond acceptors (Lipinski definition) is 3. The molecule has 3 heterocycles. The maximum Gasteiger partial charge on any atom is 0.264 e. The molecule has 4 nitrogen and oxygen atoms in total. The number of carbonyl (C=O) groups excluding carboxylic acids is 1. The van der Waals surface area contributed by atoms with Crippen molar-refractivity contribution in [3.8, 4) is 0 Å². The van der Waals surface area contributed by atoms with Crippen LogP contribution in [-0.4, -0.2) is 25.3 Å². The summed E-state index contributed by atoms with van der Waals surface area (Å²) in [6, 6.07) is 22.5.